The van der Waals surface area contributed by atoms with E-state index in [0.29, 0.717) is 29.2 Å². The third-order valence-electron chi connectivity index (χ3n) is 3.76. The van der Waals surface area contributed by atoms with Crippen molar-refractivity contribution in [2.75, 3.05) is 11.9 Å². The summed E-state index contributed by atoms with van der Waals surface area (Å²) in [5, 5.41) is 15.0. The molecule has 0 saturated carbocycles. The fraction of sp³-hybridized carbons (Fsp3) is 0.300. The summed E-state index contributed by atoms with van der Waals surface area (Å²) >= 11 is 5.16. The van der Waals surface area contributed by atoms with E-state index in [4.69, 9.17) is 17.0 Å². The summed E-state index contributed by atoms with van der Waals surface area (Å²) in [7, 11) is 0. The highest BCUT2D eigenvalue weighted by atomic mass is 32.1. The molecule has 140 valence electrons. The lowest BCUT2D eigenvalue weighted by molar-refractivity contribution is 0.0977. The zero-order chi connectivity index (χ0) is 19.5. The predicted molar refractivity (Wildman–Crippen MR) is 109 cm³/mol. The van der Waals surface area contributed by atoms with Gasteiger partial charge in [-0.3, -0.25) is 15.1 Å². The maximum absolute atomic E-state index is 12.1. The Morgan fingerprint density at radius 3 is 2.85 bits per heavy atom. The van der Waals surface area contributed by atoms with Crippen LogP contribution in [0.4, 0.5) is 5.69 Å². The van der Waals surface area contributed by atoms with Gasteiger partial charge in [0.1, 0.15) is 11.8 Å². The van der Waals surface area contributed by atoms with Crippen LogP contribution in [0.2, 0.25) is 0 Å². The van der Waals surface area contributed by atoms with Crippen LogP contribution in [0.3, 0.4) is 0 Å². The topological polar surface area (TPSA) is 87.0 Å². The second-order valence-electron chi connectivity index (χ2n) is 5.88. The van der Waals surface area contributed by atoms with E-state index in [-0.39, 0.29) is 11.0 Å². The first-order chi connectivity index (χ1) is 13.1. The lowest BCUT2D eigenvalue weighted by Crippen LogP contribution is -2.34. The van der Waals surface area contributed by atoms with Crippen LogP contribution >= 0.6 is 12.2 Å². The van der Waals surface area contributed by atoms with Crippen LogP contribution in [0.1, 0.15) is 48.5 Å². The molecule has 1 heterocycles. The van der Waals surface area contributed by atoms with Crippen molar-refractivity contribution < 1.29 is 9.53 Å². The van der Waals surface area contributed by atoms with Crippen LogP contribution in [-0.2, 0) is 0 Å². The average Bonchev–Trinajstić information content (AvgIpc) is 2.69. The van der Waals surface area contributed by atoms with E-state index in [1.165, 1.54) is 19.0 Å². The van der Waals surface area contributed by atoms with Gasteiger partial charge in [-0.25, -0.2) is 0 Å². The Morgan fingerprint density at radius 2 is 2.15 bits per heavy atom. The molecule has 0 aliphatic heterocycles. The molecule has 2 N–H and O–H groups in total. The number of amides is 1. The molecule has 1 aromatic carbocycles. The van der Waals surface area contributed by atoms with Crippen LogP contribution in [0.25, 0.3) is 0 Å². The zero-order valence-electron chi connectivity index (χ0n) is 15.2. The zero-order valence-corrected chi connectivity index (χ0v) is 16.0. The number of anilines is 1. The van der Waals surface area contributed by atoms with Gasteiger partial charge in [-0.15, -0.1) is 0 Å². The van der Waals surface area contributed by atoms with E-state index in [2.05, 4.69) is 28.6 Å². The van der Waals surface area contributed by atoms with Crippen molar-refractivity contribution in [2.45, 2.75) is 32.6 Å². The van der Waals surface area contributed by atoms with E-state index in [1.54, 1.807) is 36.5 Å². The number of aromatic nitrogens is 1. The first-order valence-corrected chi connectivity index (χ1v) is 9.24. The first-order valence-electron chi connectivity index (χ1n) is 8.83. The molecule has 1 aromatic heterocycles. The average molecular weight is 382 g/mol. The Labute approximate surface area is 164 Å². The molecule has 0 aliphatic rings. The monoisotopic (exact) mass is 382 g/mol. The number of ether oxygens (including phenoxy) is 1. The van der Waals surface area contributed by atoms with Crippen molar-refractivity contribution in [2.24, 2.45) is 0 Å². The number of pyridine rings is 1. The van der Waals surface area contributed by atoms with E-state index in [0.717, 1.165) is 12.8 Å². The second kappa shape index (κ2) is 10.9. The maximum atomic E-state index is 12.1. The van der Waals surface area contributed by atoms with Crippen molar-refractivity contribution in [3.63, 3.8) is 0 Å². The molecule has 0 aliphatic carbocycles. The smallest absolute Gasteiger partial charge is 0.258 e. The normalized spacial score (nSPS) is 9.93. The molecule has 0 bridgehead atoms. The summed E-state index contributed by atoms with van der Waals surface area (Å²) in [5.41, 5.74) is 1.42. The van der Waals surface area contributed by atoms with Crippen LogP contribution in [0, 0.1) is 11.3 Å². The number of carbonyl (C=O) groups excluding carboxylic acids is 1. The minimum atomic E-state index is -0.354. The minimum Gasteiger partial charge on any atom is -0.492 e. The van der Waals surface area contributed by atoms with Gasteiger partial charge in [-0.2, -0.15) is 5.26 Å². The van der Waals surface area contributed by atoms with Crippen molar-refractivity contribution >= 4 is 28.9 Å². The van der Waals surface area contributed by atoms with E-state index >= 15 is 0 Å². The number of nitriles is 1. The highest BCUT2D eigenvalue weighted by Gasteiger charge is 2.09. The van der Waals surface area contributed by atoms with Crippen LogP contribution < -0.4 is 15.4 Å². The standard InChI is InChI=1S/C20H22N4O2S/c1-2-3-4-5-11-26-18-9-8-17(12-16(18)13-21)23-20(27)24-19(25)15-7-6-10-22-14-15/h6-10,12,14H,2-5,11H2,1H3,(H2,23,24,25,27). The Balaban J connectivity index is 1.91. The first kappa shape index (κ1) is 20.3. The number of hydrogen-bond donors (Lipinski definition) is 2. The van der Waals surface area contributed by atoms with Gasteiger partial charge in [-0.05, 0) is 49.0 Å². The molecule has 1 amide bonds. The molecular weight excluding hydrogens is 360 g/mol. The summed E-state index contributed by atoms with van der Waals surface area (Å²) in [4.78, 5) is 16.0. The van der Waals surface area contributed by atoms with Gasteiger partial charge in [-0.1, -0.05) is 26.2 Å². The summed E-state index contributed by atoms with van der Waals surface area (Å²) in [6.45, 7) is 2.74. The quantitative estimate of drug-likeness (QED) is 0.529. The molecule has 0 fully saturated rings. The molecule has 0 radical (unpaired) electrons. The van der Waals surface area contributed by atoms with Gasteiger partial charge < -0.3 is 10.1 Å². The molecule has 6 nitrogen and oxygen atoms in total. The number of nitrogens with one attached hydrogen (secondary N) is 2. The van der Waals surface area contributed by atoms with E-state index in [9.17, 15) is 10.1 Å². The molecule has 0 atom stereocenters. The third kappa shape index (κ3) is 6.68. The molecular formula is C20H22N4O2S. The van der Waals surface area contributed by atoms with E-state index in [1.807, 2.05) is 0 Å². The largest absolute Gasteiger partial charge is 0.492 e. The number of nitrogens with zero attached hydrogens (tertiary/aromatic N) is 2. The van der Waals surface area contributed by atoms with Crippen molar-refractivity contribution in [3.8, 4) is 11.8 Å². The number of rotatable bonds is 8. The molecule has 0 spiro atoms. The number of benzene rings is 1. The number of unbranched alkanes of at least 4 members (excludes halogenated alkanes) is 3. The van der Waals surface area contributed by atoms with Gasteiger partial charge in [0.05, 0.1) is 17.7 Å². The van der Waals surface area contributed by atoms with Crippen LogP contribution in [0.15, 0.2) is 42.7 Å². The van der Waals surface area contributed by atoms with Gasteiger partial charge in [0.25, 0.3) is 5.91 Å². The fourth-order valence-electron chi connectivity index (χ4n) is 2.37. The summed E-state index contributed by atoms with van der Waals surface area (Å²) in [6.07, 6.45) is 7.47. The lowest BCUT2D eigenvalue weighted by Gasteiger charge is -2.12. The third-order valence-corrected chi connectivity index (χ3v) is 3.97. The summed E-state index contributed by atoms with van der Waals surface area (Å²) in [5.74, 6) is 0.193. The van der Waals surface area contributed by atoms with Crippen molar-refractivity contribution in [3.05, 3.63) is 53.9 Å². The molecule has 0 saturated heterocycles. The number of hydrogen-bond acceptors (Lipinski definition) is 5. The van der Waals surface area contributed by atoms with Gasteiger partial charge in [0, 0.05) is 18.1 Å². The van der Waals surface area contributed by atoms with Gasteiger partial charge in [0.2, 0.25) is 0 Å². The summed E-state index contributed by atoms with van der Waals surface area (Å²) < 4.78 is 5.70. The highest BCUT2D eigenvalue weighted by Crippen LogP contribution is 2.22. The van der Waals surface area contributed by atoms with Crippen molar-refractivity contribution in [1.29, 1.82) is 5.26 Å². The van der Waals surface area contributed by atoms with E-state index < -0.39 is 0 Å². The molecule has 2 aromatic rings. The van der Waals surface area contributed by atoms with Gasteiger partial charge >= 0.3 is 0 Å². The SMILES string of the molecule is CCCCCCOc1ccc(NC(=S)NC(=O)c2cccnc2)cc1C#N. The molecule has 7 heteroatoms. The maximum Gasteiger partial charge on any atom is 0.258 e. The van der Waals surface area contributed by atoms with Crippen molar-refractivity contribution in [1.82, 2.24) is 10.3 Å². The minimum absolute atomic E-state index is 0.140. The fourth-order valence-corrected chi connectivity index (χ4v) is 2.58. The summed E-state index contributed by atoms with van der Waals surface area (Å²) in [6, 6.07) is 10.6. The molecule has 2 rings (SSSR count). The molecule has 0 unspecified atom stereocenters. The van der Waals surface area contributed by atoms with Crippen LogP contribution in [-0.4, -0.2) is 22.6 Å². The Bertz CT molecular complexity index is 818. The lowest BCUT2D eigenvalue weighted by atomic mass is 10.2. The highest BCUT2D eigenvalue weighted by molar-refractivity contribution is 7.80. The Hall–Kier alpha value is -2.98. The predicted octanol–water partition coefficient (Wildman–Crippen LogP) is 4.04. The molecule has 27 heavy (non-hydrogen) atoms. The Morgan fingerprint density at radius 1 is 1.30 bits per heavy atom. The number of thiocarbonyl (C=S) groups is 1. The van der Waals surface area contributed by atoms with Crippen LogP contribution in [0.5, 0.6) is 5.75 Å². The number of carbonyl (C=O) groups is 1. The second-order valence-corrected chi connectivity index (χ2v) is 6.29. The van der Waals surface area contributed by atoms with Gasteiger partial charge in [0.15, 0.2) is 5.11 Å². The Kier molecular flexibility index (Phi) is 8.20.